The Balaban J connectivity index is 2.52. The molecule has 0 aromatic heterocycles. The highest BCUT2D eigenvalue weighted by Gasteiger charge is 2.09. The number of hydrogen-bond donors (Lipinski definition) is 2. The SMILES string of the molecule is CCCCNC(=O)NS(=O)(=O)/C=C/c1ccccc1. The molecule has 0 atom stereocenters. The Morgan fingerprint density at radius 2 is 1.95 bits per heavy atom. The molecule has 1 rings (SSSR count). The molecule has 0 radical (unpaired) electrons. The van der Waals surface area contributed by atoms with Gasteiger partial charge in [0.05, 0.1) is 5.41 Å². The van der Waals surface area contributed by atoms with Crippen molar-refractivity contribution in [1.82, 2.24) is 10.0 Å². The van der Waals surface area contributed by atoms with E-state index >= 15 is 0 Å². The Bertz CT molecular complexity index is 524. The Morgan fingerprint density at radius 3 is 2.58 bits per heavy atom. The summed E-state index contributed by atoms with van der Waals surface area (Å²) in [6.45, 7) is 2.44. The summed E-state index contributed by atoms with van der Waals surface area (Å²) in [5, 5.41) is 3.45. The zero-order valence-corrected chi connectivity index (χ0v) is 11.6. The minimum absolute atomic E-state index is 0.459. The number of urea groups is 1. The van der Waals surface area contributed by atoms with Crippen molar-refractivity contribution in [1.29, 1.82) is 0 Å². The van der Waals surface area contributed by atoms with Crippen molar-refractivity contribution in [2.24, 2.45) is 0 Å². The van der Waals surface area contributed by atoms with E-state index in [-0.39, 0.29) is 0 Å². The van der Waals surface area contributed by atoms with Crippen LogP contribution in [-0.4, -0.2) is 21.0 Å². The van der Waals surface area contributed by atoms with Crippen LogP contribution in [0.3, 0.4) is 0 Å². The van der Waals surface area contributed by atoms with Gasteiger partial charge in [0.2, 0.25) is 0 Å². The van der Waals surface area contributed by atoms with E-state index in [1.807, 2.05) is 17.7 Å². The van der Waals surface area contributed by atoms with Crippen LogP contribution < -0.4 is 10.0 Å². The summed E-state index contributed by atoms with van der Waals surface area (Å²) < 4.78 is 25.1. The van der Waals surface area contributed by atoms with Gasteiger partial charge in [-0.3, -0.25) is 0 Å². The Hall–Kier alpha value is -1.82. The van der Waals surface area contributed by atoms with Crippen molar-refractivity contribution >= 4 is 22.1 Å². The lowest BCUT2D eigenvalue weighted by Crippen LogP contribution is -2.38. The van der Waals surface area contributed by atoms with Crippen LogP contribution in [0.5, 0.6) is 0 Å². The lowest BCUT2D eigenvalue weighted by Gasteiger charge is -2.05. The molecule has 0 fully saturated rings. The summed E-state index contributed by atoms with van der Waals surface area (Å²) in [7, 11) is -3.76. The number of amides is 2. The lowest BCUT2D eigenvalue weighted by molar-refractivity contribution is 0.246. The van der Waals surface area contributed by atoms with Crippen molar-refractivity contribution in [3.63, 3.8) is 0 Å². The normalized spacial score (nSPS) is 11.4. The van der Waals surface area contributed by atoms with Crippen LogP contribution in [0.15, 0.2) is 35.7 Å². The van der Waals surface area contributed by atoms with E-state index in [2.05, 4.69) is 5.32 Å². The first-order valence-corrected chi connectivity index (χ1v) is 7.62. The average Bonchev–Trinajstić information content (AvgIpc) is 2.37. The van der Waals surface area contributed by atoms with Crippen molar-refractivity contribution in [3.05, 3.63) is 41.3 Å². The number of sulfonamides is 1. The van der Waals surface area contributed by atoms with Gasteiger partial charge in [-0.05, 0) is 18.1 Å². The molecule has 6 heteroatoms. The van der Waals surface area contributed by atoms with Crippen LogP contribution >= 0.6 is 0 Å². The number of carbonyl (C=O) groups excluding carboxylic acids is 1. The highest BCUT2D eigenvalue weighted by atomic mass is 32.2. The smallest absolute Gasteiger partial charge is 0.328 e. The van der Waals surface area contributed by atoms with Gasteiger partial charge < -0.3 is 5.32 Å². The topological polar surface area (TPSA) is 75.3 Å². The third-order valence-electron chi connectivity index (χ3n) is 2.29. The second kappa shape index (κ2) is 7.58. The van der Waals surface area contributed by atoms with E-state index in [4.69, 9.17) is 0 Å². The van der Waals surface area contributed by atoms with Crippen molar-refractivity contribution in [2.45, 2.75) is 19.8 Å². The number of unbranched alkanes of at least 4 members (excludes halogenated alkanes) is 1. The van der Waals surface area contributed by atoms with Gasteiger partial charge in [0, 0.05) is 6.54 Å². The number of rotatable bonds is 6. The van der Waals surface area contributed by atoms with Gasteiger partial charge in [-0.1, -0.05) is 43.7 Å². The van der Waals surface area contributed by atoms with Crippen LogP contribution in [0.4, 0.5) is 4.79 Å². The molecule has 0 heterocycles. The quantitative estimate of drug-likeness (QED) is 0.784. The first kappa shape index (κ1) is 15.2. The Kier molecular flexibility index (Phi) is 6.08. The van der Waals surface area contributed by atoms with Crippen LogP contribution in [-0.2, 0) is 10.0 Å². The van der Waals surface area contributed by atoms with Gasteiger partial charge in [0.25, 0.3) is 10.0 Å². The Morgan fingerprint density at radius 1 is 1.26 bits per heavy atom. The van der Waals surface area contributed by atoms with E-state index in [1.165, 1.54) is 6.08 Å². The van der Waals surface area contributed by atoms with Gasteiger partial charge >= 0.3 is 6.03 Å². The van der Waals surface area contributed by atoms with Crippen LogP contribution in [0.2, 0.25) is 0 Å². The van der Waals surface area contributed by atoms with Gasteiger partial charge in [-0.15, -0.1) is 0 Å². The molecule has 0 saturated carbocycles. The fourth-order valence-corrected chi connectivity index (χ4v) is 2.05. The van der Waals surface area contributed by atoms with Gasteiger partial charge in [-0.25, -0.2) is 17.9 Å². The number of nitrogens with one attached hydrogen (secondary N) is 2. The monoisotopic (exact) mass is 282 g/mol. The van der Waals surface area contributed by atoms with Crippen LogP contribution in [0, 0.1) is 0 Å². The van der Waals surface area contributed by atoms with Crippen LogP contribution in [0.1, 0.15) is 25.3 Å². The summed E-state index contributed by atoms with van der Waals surface area (Å²) in [6.07, 6.45) is 3.18. The van der Waals surface area contributed by atoms with E-state index in [0.717, 1.165) is 23.8 Å². The van der Waals surface area contributed by atoms with Crippen molar-refractivity contribution < 1.29 is 13.2 Å². The first-order chi connectivity index (χ1) is 9.03. The van der Waals surface area contributed by atoms with Crippen LogP contribution in [0.25, 0.3) is 6.08 Å². The summed E-state index contributed by atoms with van der Waals surface area (Å²) in [6, 6.07) is 8.28. The van der Waals surface area contributed by atoms with E-state index in [1.54, 1.807) is 24.3 Å². The largest absolute Gasteiger partial charge is 0.337 e. The maximum Gasteiger partial charge on any atom is 0.328 e. The predicted molar refractivity (Wildman–Crippen MR) is 75.8 cm³/mol. The predicted octanol–water partition coefficient (Wildman–Crippen LogP) is 2.09. The second-order valence-corrected chi connectivity index (χ2v) is 5.54. The molecular weight excluding hydrogens is 264 g/mol. The minimum atomic E-state index is -3.76. The van der Waals surface area contributed by atoms with E-state index in [9.17, 15) is 13.2 Å². The first-order valence-electron chi connectivity index (χ1n) is 6.07. The summed E-state index contributed by atoms with van der Waals surface area (Å²) in [5.74, 6) is 0. The van der Waals surface area contributed by atoms with Crippen molar-refractivity contribution in [3.8, 4) is 0 Å². The molecular formula is C13H18N2O3S. The summed E-state index contributed by atoms with van der Waals surface area (Å²) in [4.78, 5) is 11.3. The molecule has 0 aliphatic heterocycles. The summed E-state index contributed by atoms with van der Waals surface area (Å²) in [5.41, 5.74) is 0.749. The molecule has 19 heavy (non-hydrogen) atoms. The second-order valence-electron chi connectivity index (χ2n) is 3.97. The van der Waals surface area contributed by atoms with Gasteiger partial charge in [0.15, 0.2) is 0 Å². The lowest BCUT2D eigenvalue weighted by atomic mass is 10.2. The zero-order chi connectivity index (χ0) is 14.1. The molecule has 1 aromatic rings. The number of benzene rings is 1. The third-order valence-corrected chi connectivity index (χ3v) is 3.25. The molecule has 0 unspecified atom stereocenters. The Labute approximate surface area is 113 Å². The minimum Gasteiger partial charge on any atom is -0.337 e. The molecule has 2 N–H and O–H groups in total. The highest BCUT2D eigenvalue weighted by molar-refractivity contribution is 7.93. The molecule has 0 saturated heterocycles. The zero-order valence-electron chi connectivity index (χ0n) is 10.8. The maximum atomic E-state index is 11.6. The van der Waals surface area contributed by atoms with E-state index < -0.39 is 16.1 Å². The van der Waals surface area contributed by atoms with Gasteiger partial charge in [0.1, 0.15) is 0 Å². The number of hydrogen-bond acceptors (Lipinski definition) is 3. The standard InChI is InChI=1S/C13H18N2O3S/c1-2-3-10-14-13(16)15-19(17,18)11-9-12-7-5-4-6-8-12/h4-9,11H,2-3,10H2,1H3,(H2,14,15,16)/b11-9+. The molecule has 5 nitrogen and oxygen atoms in total. The highest BCUT2D eigenvalue weighted by Crippen LogP contribution is 2.02. The molecule has 1 aromatic carbocycles. The van der Waals surface area contributed by atoms with Gasteiger partial charge in [-0.2, -0.15) is 0 Å². The molecule has 0 spiro atoms. The fraction of sp³-hybridized carbons (Fsp3) is 0.308. The van der Waals surface area contributed by atoms with Crippen molar-refractivity contribution in [2.75, 3.05) is 6.54 Å². The summed E-state index contributed by atoms with van der Waals surface area (Å²) >= 11 is 0. The molecule has 0 bridgehead atoms. The maximum absolute atomic E-state index is 11.6. The molecule has 2 amide bonds. The fourth-order valence-electron chi connectivity index (χ4n) is 1.31. The van der Waals surface area contributed by atoms with E-state index in [0.29, 0.717) is 6.54 Å². The average molecular weight is 282 g/mol. The molecule has 0 aliphatic rings. The number of carbonyl (C=O) groups is 1. The third kappa shape index (κ3) is 6.61. The molecule has 0 aliphatic carbocycles. The molecule has 104 valence electrons.